The molecule has 0 saturated carbocycles. The first-order valence-electron chi connectivity index (χ1n) is 11.3. The monoisotopic (exact) mass is 651 g/mol. The minimum atomic E-state index is -5.74. The molecule has 8 N–H and O–H groups in total. The molecular formula is C16H28N7O15P3. The van der Waals surface area contributed by atoms with Gasteiger partial charge in [0, 0.05) is 13.1 Å². The van der Waals surface area contributed by atoms with Gasteiger partial charge in [0.1, 0.15) is 36.8 Å². The number of nitrogens with one attached hydrogen (secondary N) is 2. The number of rotatable bonds is 16. The number of aliphatic hydroxyl groups excluding tert-OH is 1. The van der Waals surface area contributed by atoms with Gasteiger partial charge >= 0.3 is 23.5 Å². The third-order valence-electron chi connectivity index (χ3n) is 5.05. The van der Waals surface area contributed by atoms with Gasteiger partial charge in [-0.1, -0.05) is 0 Å². The quantitative estimate of drug-likeness (QED) is 0.0461. The molecule has 0 aliphatic carbocycles. The molecule has 41 heavy (non-hydrogen) atoms. The largest absolute Gasteiger partial charge is 0.511 e. The van der Waals surface area contributed by atoms with Crippen LogP contribution in [0.3, 0.4) is 0 Å². The first-order valence-corrected chi connectivity index (χ1v) is 15.7. The molecule has 25 heteroatoms. The molecule has 6 unspecified atom stereocenters. The van der Waals surface area contributed by atoms with Gasteiger partial charge in [-0.25, -0.2) is 33.5 Å². The molecule has 1 aliphatic heterocycles. The number of aliphatic hydroxyl groups is 1. The summed E-state index contributed by atoms with van der Waals surface area (Å²) in [4.78, 5) is 55.5. The Balaban J connectivity index is 1.81. The minimum Gasteiger partial charge on any atom is -0.387 e. The minimum absolute atomic E-state index is 0.0364. The summed E-state index contributed by atoms with van der Waals surface area (Å²) in [5.41, 5.74) is 6.17. The van der Waals surface area contributed by atoms with E-state index in [1.165, 1.54) is 10.9 Å². The number of ether oxygens (including phenoxy) is 2. The summed E-state index contributed by atoms with van der Waals surface area (Å²) in [5, 5.41) is 16.4. The predicted molar refractivity (Wildman–Crippen MR) is 132 cm³/mol. The SMILES string of the molecule is CNCCNC(=O)COC1C(O)C(COP(=O)(OOC)OP(=O)(O)OP(=O)(O)O)OC1n1cnc2c(N)ncnc21. The van der Waals surface area contributed by atoms with E-state index < -0.39 is 67.1 Å². The number of anilines is 1. The van der Waals surface area contributed by atoms with E-state index in [0.717, 1.165) is 13.4 Å². The number of hydrogen-bond acceptors (Lipinski definition) is 17. The van der Waals surface area contributed by atoms with E-state index in [9.17, 15) is 28.5 Å². The number of carbonyl (C=O) groups excluding carboxylic acids is 1. The Bertz CT molecular complexity index is 1340. The number of nitrogens with zero attached hydrogens (tertiary/aromatic N) is 4. The Hall–Kier alpha value is -1.97. The molecule has 1 fully saturated rings. The van der Waals surface area contributed by atoms with Crippen LogP contribution in [-0.2, 0) is 50.7 Å². The molecule has 0 spiro atoms. The summed E-state index contributed by atoms with van der Waals surface area (Å²) in [5.74, 6) is -0.488. The van der Waals surface area contributed by atoms with Crippen molar-refractivity contribution >= 4 is 46.4 Å². The average Bonchev–Trinajstić information content (AvgIpc) is 3.41. The molecule has 3 heterocycles. The molecule has 0 radical (unpaired) electrons. The molecule has 1 amide bonds. The lowest BCUT2D eigenvalue weighted by Crippen LogP contribution is -2.39. The highest BCUT2D eigenvalue weighted by molar-refractivity contribution is 7.66. The first-order chi connectivity index (χ1) is 19.2. The average molecular weight is 651 g/mol. The van der Waals surface area contributed by atoms with E-state index in [1.54, 1.807) is 7.05 Å². The van der Waals surface area contributed by atoms with Gasteiger partial charge in [-0.05, 0) is 7.05 Å². The summed E-state index contributed by atoms with van der Waals surface area (Å²) in [6.45, 7) is -0.659. The van der Waals surface area contributed by atoms with Crippen LogP contribution in [0.1, 0.15) is 6.23 Å². The lowest BCUT2D eigenvalue weighted by Gasteiger charge is -2.22. The third-order valence-corrected chi connectivity index (χ3v) is 9.15. The normalized spacial score (nSPS) is 24.2. The molecule has 2 aromatic heterocycles. The van der Waals surface area contributed by atoms with E-state index in [2.05, 4.69) is 43.8 Å². The maximum atomic E-state index is 12.8. The molecule has 0 aromatic carbocycles. The fourth-order valence-electron chi connectivity index (χ4n) is 3.46. The van der Waals surface area contributed by atoms with Crippen LogP contribution in [0, 0.1) is 0 Å². The van der Waals surface area contributed by atoms with Crippen LogP contribution in [0.25, 0.3) is 11.2 Å². The fraction of sp³-hybridized carbons (Fsp3) is 0.625. The summed E-state index contributed by atoms with van der Waals surface area (Å²) in [6.07, 6.45) is -3.22. The number of amides is 1. The van der Waals surface area contributed by atoms with Crippen LogP contribution < -0.4 is 16.4 Å². The molecule has 0 bridgehead atoms. The zero-order chi connectivity index (χ0) is 30.4. The summed E-state index contributed by atoms with van der Waals surface area (Å²) >= 11 is 0. The molecule has 1 saturated heterocycles. The Morgan fingerprint density at radius 2 is 1.90 bits per heavy atom. The van der Waals surface area contributed by atoms with Crippen molar-refractivity contribution in [1.82, 2.24) is 30.2 Å². The van der Waals surface area contributed by atoms with Crippen LogP contribution in [0.2, 0.25) is 0 Å². The van der Waals surface area contributed by atoms with Gasteiger partial charge in [0.25, 0.3) is 0 Å². The molecular weight excluding hydrogens is 623 g/mol. The Morgan fingerprint density at radius 1 is 1.17 bits per heavy atom. The number of likely N-dealkylation sites (N-methyl/N-ethyl adjacent to an activating group) is 1. The molecule has 22 nitrogen and oxygen atoms in total. The van der Waals surface area contributed by atoms with Crippen molar-refractivity contribution in [1.29, 1.82) is 0 Å². The number of phosphoric acid groups is 3. The molecule has 232 valence electrons. The molecule has 6 atom stereocenters. The highest BCUT2D eigenvalue weighted by atomic mass is 31.3. The van der Waals surface area contributed by atoms with Gasteiger partial charge in [-0.15, -0.1) is 4.67 Å². The second kappa shape index (κ2) is 14.0. The Kier molecular flexibility index (Phi) is 11.5. The summed E-state index contributed by atoms with van der Waals surface area (Å²) in [7, 11) is -14.1. The molecule has 3 rings (SSSR count). The zero-order valence-corrected chi connectivity index (χ0v) is 24.0. The number of nitrogens with two attached hydrogens (primary N) is 1. The van der Waals surface area contributed by atoms with Gasteiger partial charge in [0.05, 0.1) is 20.0 Å². The van der Waals surface area contributed by atoms with E-state index >= 15 is 0 Å². The first kappa shape index (κ1) is 33.5. The van der Waals surface area contributed by atoms with E-state index in [1.807, 2.05) is 0 Å². The number of imidazole rings is 1. The number of carbonyl (C=O) groups is 1. The van der Waals surface area contributed by atoms with E-state index in [0.29, 0.717) is 13.1 Å². The van der Waals surface area contributed by atoms with Crippen molar-refractivity contribution in [2.24, 2.45) is 0 Å². The van der Waals surface area contributed by atoms with Crippen molar-refractivity contribution < 1.29 is 70.5 Å². The van der Waals surface area contributed by atoms with Crippen molar-refractivity contribution in [2.45, 2.75) is 24.5 Å². The van der Waals surface area contributed by atoms with E-state index in [4.69, 9.17) is 29.5 Å². The number of nitrogen functional groups attached to an aromatic ring is 1. The van der Waals surface area contributed by atoms with Crippen LogP contribution in [0.4, 0.5) is 5.82 Å². The smallest absolute Gasteiger partial charge is 0.387 e. The number of aromatic nitrogens is 4. The van der Waals surface area contributed by atoms with Crippen molar-refractivity contribution in [2.75, 3.05) is 46.2 Å². The fourth-order valence-corrected chi connectivity index (χ4v) is 6.78. The summed E-state index contributed by atoms with van der Waals surface area (Å²) < 4.78 is 65.3. The van der Waals surface area contributed by atoms with Gasteiger partial charge in [-0.3, -0.25) is 13.9 Å². The topological polar surface area (TPSA) is 307 Å². The Labute approximate surface area is 230 Å². The third kappa shape index (κ3) is 9.26. The van der Waals surface area contributed by atoms with Gasteiger partial charge in [0.2, 0.25) is 5.91 Å². The highest BCUT2D eigenvalue weighted by Crippen LogP contribution is 2.68. The van der Waals surface area contributed by atoms with E-state index in [-0.39, 0.29) is 17.0 Å². The maximum Gasteiger partial charge on any atom is 0.511 e. The van der Waals surface area contributed by atoms with Gasteiger partial charge < -0.3 is 45.6 Å². The van der Waals surface area contributed by atoms with Crippen LogP contribution >= 0.6 is 23.5 Å². The molecule has 2 aromatic rings. The second-order valence-electron chi connectivity index (χ2n) is 7.97. The van der Waals surface area contributed by atoms with Crippen molar-refractivity contribution in [3.63, 3.8) is 0 Å². The second-order valence-corrected chi connectivity index (χ2v) is 12.5. The lowest BCUT2D eigenvalue weighted by molar-refractivity contribution is -0.199. The van der Waals surface area contributed by atoms with Crippen molar-refractivity contribution in [3.05, 3.63) is 12.7 Å². The number of hydrogen-bond donors (Lipinski definition) is 7. The lowest BCUT2D eigenvalue weighted by atomic mass is 10.1. The molecule has 1 aliphatic rings. The zero-order valence-electron chi connectivity index (χ0n) is 21.3. The predicted octanol–water partition coefficient (Wildman–Crippen LogP) is -1.68. The maximum absolute atomic E-state index is 12.8. The van der Waals surface area contributed by atoms with Crippen LogP contribution in [-0.4, -0.2) is 104 Å². The van der Waals surface area contributed by atoms with Crippen molar-refractivity contribution in [3.8, 4) is 0 Å². The standard InChI is InChI=1S/C16H28N7O15P3/c1-18-3-4-19-10(24)6-33-13-12(25)9(35-16(13)23-8-22-11-14(17)20-7-21-15(11)23)5-34-41(31,36-32-2)38-40(29,30)37-39(26,27)28/h7-9,12-13,16,18,25H,3-6H2,1-2H3,(H,19,24)(H,29,30)(H2,17,20,21)(H2,26,27,28). The Morgan fingerprint density at radius 3 is 2.56 bits per heavy atom. The van der Waals surface area contributed by atoms with Gasteiger partial charge in [0.15, 0.2) is 17.7 Å². The van der Waals surface area contributed by atoms with Crippen LogP contribution in [0.5, 0.6) is 0 Å². The van der Waals surface area contributed by atoms with Crippen LogP contribution in [0.15, 0.2) is 12.7 Å². The number of fused-ring (bicyclic) bond motifs is 1. The van der Waals surface area contributed by atoms with Gasteiger partial charge in [-0.2, -0.15) is 8.62 Å². The highest BCUT2D eigenvalue weighted by Gasteiger charge is 2.49. The summed E-state index contributed by atoms with van der Waals surface area (Å²) in [6, 6.07) is 0.